The van der Waals surface area contributed by atoms with Crippen molar-refractivity contribution in [1.29, 1.82) is 0 Å². The summed E-state index contributed by atoms with van der Waals surface area (Å²) in [5, 5.41) is 22.6. The molecule has 0 saturated carbocycles. The zero-order valence-corrected chi connectivity index (χ0v) is 15.4. The molecule has 0 heterocycles. The van der Waals surface area contributed by atoms with Crippen molar-refractivity contribution in [2.45, 2.75) is 25.5 Å². The van der Waals surface area contributed by atoms with Crippen LogP contribution in [-0.4, -0.2) is 49.7 Å². The van der Waals surface area contributed by atoms with E-state index in [-0.39, 0.29) is 18.4 Å². The standard InChI is InChI=1S/C20H27NO5/c1-14(11-18-19(24-2)5-4-6-20(18)25-3)21-12-16(23)13-26-17-9-7-15(22)8-10-17/h4-10,14,16,21-23H,11-13H2,1-3H3. The Bertz CT molecular complexity index is 652. The van der Waals surface area contributed by atoms with Crippen LogP contribution in [0.4, 0.5) is 0 Å². The van der Waals surface area contributed by atoms with Crippen LogP contribution in [0.3, 0.4) is 0 Å². The summed E-state index contributed by atoms with van der Waals surface area (Å²) in [4.78, 5) is 0. The molecule has 2 aromatic rings. The first-order chi connectivity index (χ1) is 12.5. The van der Waals surface area contributed by atoms with Crippen molar-refractivity contribution in [3.63, 3.8) is 0 Å². The molecule has 0 amide bonds. The van der Waals surface area contributed by atoms with E-state index in [4.69, 9.17) is 14.2 Å². The molecule has 6 heteroatoms. The molecule has 2 atom stereocenters. The molecular formula is C20H27NO5. The minimum absolute atomic E-state index is 0.114. The van der Waals surface area contributed by atoms with Crippen molar-refractivity contribution in [3.8, 4) is 23.0 Å². The fourth-order valence-electron chi connectivity index (χ4n) is 2.64. The first-order valence-corrected chi connectivity index (χ1v) is 8.56. The predicted molar refractivity (Wildman–Crippen MR) is 100 cm³/mol. The molecule has 0 aliphatic heterocycles. The van der Waals surface area contributed by atoms with Crippen LogP contribution in [0.2, 0.25) is 0 Å². The first kappa shape index (κ1) is 19.9. The Morgan fingerprint density at radius 2 is 1.62 bits per heavy atom. The molecule has 2 unspecified atom stereocenters. The quantitative estimate of drug-likeness (QED) is 0.603. The monoisotopic (exact) mass is 361 g/mol. The Kier molecular flexibility index (Phi) is 7.56. The predicted octanol–water partition coefficient (Wildman–Crippen LogP) is 2.37. The van der Waals surface area contributed by atoms with Gasteiger partial charge < -0.3 is 29.7 Å². The third-order valence-corrected chi connectivity index (χ3v) is 4.02. The normalized spacial score (nSPS) is 13.1. The largest absolute Gasteiger partial charge is 0.508 e. The van der Waals surface area contributed by atoms with Crippen LogP contribution in [0.1, 0.15) is 12.5 Å². The molecule has 0 radical (unpaired) electrons. The first-order valence-electron chi connectivity index (χ1n) is 8.56. The molecule has 0 saturated heterocycles. The van der Waals surface area contributed by atoms with Crippen LogP contribution >= 0.6 is 0 Å². The minimum Gasteiger partial charge on any atom is -0.508 e. The van der Waals surface area contributed by atoms with Crippen LogP contribution in [0.15, 0.2) is 42.5 Å². The van der Waals surface area contributed by atoms with Gasteiger partial charge in [-0.15, -0.1) is 0 Å². The number of methoxy groups -OCH3 is 2. The number of aromatic hydroxyl groups is 1. The van der Waals surface area contributed by atoms with E-state index in [0.717, 1.165) is 17.1 Å². The number of nitrogens with one attached hydrogen (secondary N) is 1. The number of rotatable bonds is 10. The summed E-state index contributed by atoms with van der Waals surface area (Å²) >= 11 is 0. The highest BCUT2D eigenvalue weighted by Crippen LogP contribution is 2.29. The van der Waals surface area contributed by atoms with E-state index in [1.807, 2.05) is 25.1 Å². The third-order valence-electron chi connectivity index (χ3n) is 4.02. The lowest BCUT2D eigenvalue weighted by Crippen LogP contribution is -2.37. The van der Waals surface area contributed by atoms with Gasteiger partial charge in [0.25, 0.3) is 0 Å². The average Bonchev–Trinajstić information content (AvgIpc) is 2.66. The van der Waals surface area contributed by atoms with E-state index in [9.17, 15) is 10.2 Å². The number of phenols is 1. The number of aliphatic hydroxyl groups is 1. The number of benzene rings is 2. The van der Waals surface area contributed by atoms with Gasteiger partial charge >= 0.3 is 0 Å². The van der Waals surface area contributed by atoms with Gasteiger partial charge in [0.05, 0.1) is 14.2 Å². The number of ether oxygens (including phenoxy) is 3. The molecule has 0 spiro atoms. The summed E-state index contributed by atoms with van der Waals surface area (Å²) < 4.78 is 16.3. The lowest BCUT2D eigenvalue weighted by atomic mass is 10.0. The van der Waals surface area contributed by atoms with Gasteiger partial charge in [-0.1, -0.05) is 6.07 Å². The van der Waals surface area contributed by atoms with Crippen LogP contribution in [0.25, 0.3) is 0 Å². The van der Waals surface area contributed by atoms with Crippen molar-refractivity contribution >= 4 is 0 Å². The topological polar surface area (TPSA) is 80.2 Å². The van der Waals surface area contributed by atoms with Gasteiger partial charge in [0.2, 0.25) is 0 Å². The lowest BCUT2D eigenvalue weighted by molar-refractivity contribution is 0.104. The van der Waals surface area contributed by atoms with E-state index in [0.29, 0.717) is 18.7 Å². The number of hydrogen-bond acceptors (Lipinski definition) is 6. The summed E-state index contributed by atoms with van der Waals surface area (Å²) in [5.41, 5.74) is 0.993. The Labute approximate surface area is 154 Å². The van der Waals surface area contributed by atoms with Crippen molar-refractivity contribution in [1.82, 2.24) is 5.32 Å². The molecule has 0 aromatic heterocycles. The maximum Gasteiger partial charge on any atom is 0.125 e. The Morgan fingerprint density at radius 3 is 2.19 bits per heavy atom. The summed E-state index contributed by atoms with van der Waals surface area (Å²) in [6.45, 7) is 2.61. The maximum absolute atomic E-state index is 10.1. The van der Waals surface area contributed by atoms with Gasteiger partial charge in [-0.3, -0.25) is 0 Å². The van der Waals surface area contributed by atoms with Gasteiger partial charge in [-0.25, -0.2) is 0 Å². The minimum atomic E-state index is -0.647. The zero-order valence-electron chi connectivity index (χ0n) is 15.4. The molecule has 2 aromatic carbocycles. The van der Waals surface area contributed by atoms with Crippen molar-refractivity contribution in [2.75, 3.05) is 27.4 Å². The molecular weight excluding hydrogens is 334 g/mol. The lowest BCUT2D eigenvalue weighted by Gasteiger charge is -2.20. The number of aliphatic hydroxyl groups excluding tert-OH is 1. The highest BCUT2D eigenvalue weighted by molar-refractivity contribution is 5.45. The molecule has 6 nitrogen and oxygen atoms in total. The Hall–Kier alpha value is -2.44. The molecule has 0 fully saturated rings. The molecule has 0 aliphatic carbocycles. The smallest absolute Gasteiger partial charge is 0.125 e. The highest BCUT2D eigenvalue weighted by atomic mass is 16.5. The summed E-state index contributed by atoms with van der Waals surface area (Å²) in [7, 11) is 3.28. The molecule has 26 heavy (non-hydrogen) atoms. The molecule has 0 aliphatic rings. The molecule has 142 valence electrons. The third kappa shape index (κ3) is 5.82. The van der Waals surface area contributed by atoms with Crippen LogP contribution < -0.4 is 19.5 Å². The van der Waals surface area contributed by atoms with Gasteiger partial charge in [0.15, 0.2) is 0 Å². The van der Waals surface area contributed by atoms with Crippen LogP contribution in [-0.2, 0) is 6.42 Å². The maximum atomic E-state index is 10.1. The van der Waals surface area contributed by atoms with E-state index in [1.165, 1.54) is 0 Å². The van der Waals surface area contributed by atoms with Crippen molar-refractivity contribution < 1.29 is 24.4 Å². The summed E-state index contributed by atoms with van der Waals surface area (Å²) in [5.74, 6) is 2.36. The van der Waals surface area contributed by atoms with Gasteiger partial charge in [0, 0.05) is 18.2 Å². The fourth-order valence-corrected chi connectivity index (χ4v) is 2.64. The van der Waals surface area contributed by atoms with Crippen molar-refractivity contribution in [2.24, 2.45) is 0 Å². The summed E-state index contributed by atoms with van der Waals surface area (Å²) in [6, 6.07) is 12.2. The molecule has 2 rings (SSSR count). The highest BCUT2D eigenvalue weighted by Gasteiger charge is 2.14. The van der Waals surface area contributed by atoms with Crippen molar-refractivity contribution in [3.05, 3.63) is 48.0 Å². The van der Waals surface area contributed by atoms with E-state index in [1.54, 1.807) is 38.5 Å². The van der Waals surface area contributed by atoms with E-state index < -0.39 is 6.10 Å². The summed E-state index contributed by atoms with van der Waals surface area (Å²) in [6.07, 6.45) is 0.0597. The van der Waals surface area contributed by atoms with Crippen LogP contribution in [0, 0.1) is 0 Å². The second kappa shape index (κ2) is 9.89. The molecule has 0 bridgehead atoms. The SMILES string of the molecule is COc1cccc(OC)c1CC(C)NCC(O)COc1ccc(O)cc1. The Balaban J connectivity index is 1.81. The Morgan fingerprint density at radius 1 is 1.00 bits per heavy atom. The van der Waals surface area contributed by atoms with Crippen LogP contribution in [0.5, 0.6) is 23.0 Å². The average molecular weight is 361 g/mol. The molecule has 3 N–H and O–H groups in total. The van der Waals surface area contributed by atoms with Gasteiger partial charge in [-0.05, 0) is 49.7 Å². The van der Waals surface area contributed by atoms with E-state index >= 15 is 0 Å². The number of hydrogen-bond donors (Lipinski definition) is 3. The zero-order chi connectivity index (χ0) is 18.9. The number of phenolic OH excluding ortho intramolecular Hbond substituents is 1. The van der Waals surface area contributed by atoms with E-state index in [2.05, 4.69) is 5.32 Å². The van der Waals surface area contributed by atoms with Gasteiger partial charge in [-0.2, -0.15) is 0 Å². The fraction of sp³-hybridized carbons (Fsp3) is 0.400. The second-order valence-electron chi connectivity index (χ2n) is 6.11. The van der Waals surface area contributed by atoms with Gasteiger partial charge in [0.1, 0.15) is 35.7 Å². The second-order valence-corrected chi connectivity index (χ2v) is 6.11.